The quantitative estimate of drug-likeness (QED) is 0.499. The van der Waals surface area contributed by atoms with Gasteiger partial charge in [-0.1, -0.05) is 6.07 Å². The highest BCUT2D eigenvalue weighted by Gasteiger charge is 2.12. The van der Waals surface area contributed by atoms with Crippen molar-refractivity contribution in [2.75, 3.05) is 13.7 Å². The van der Waals surface area contributed by atoms with Gasteiger partial charge in [-0.25, -0.2) is 15.0 Å². The second-order valence-corrected chi connectivity index (χ2v) is 6.34. The summed E-state index contributed by atoms with van der Waals surface area (Å²) in [5.74, 6) is 0. The molecule has 0 amide bonds. The molecule has 0 radical (unpaired) electrons. The fraction of sp³-hybridized carbons (Fsp3) is 0.222. The van der Waals surface area contributed by atoms with Crippen LogP contribution in [0.25, 0.3) is 28.2 Å². The summed E-state index contributed by atoms with van der Waals surface area (Å²) in [6.45, 7) is 2.02. The number of H-pyrrole nitrogens is 1. The predicted octanol–water partition coefficient (Wildman–Crippen LogP) is 1.97. The number of aromatic amines is 1. The lowest BCUT2D eigenvalue weighted by molar-refractivity contribution is 0.183. The number of hydrogen-bond donors (Lipinski definition) is 1. The number of aromatic nitrogens is 8. The minimum atomic E-state index is 0.621. The molecular weight excluding hydrogens is 344 g/mol. The number of imidazole rings is 1. The summed E-state index contributed by atoms with van der Waals surface area (Å²) in [5.41, 5.74) is 5.45. The number of nitrogens with zero attached hydrogens (tertiary/aromatic N) is 7. The average Bonchev–Trinajstić information content (AvgIpc) is 3.33. The Morgan fingerprint density at radius 3 is 3.04 bits per heavy atom. The summed E-state index contributed by atoms with van der Waals surface area (Å²) >= 11 is 0. The zero-order valence-electron chi connectivity index (χ0n) is 14.8. The van der Waals surface area contributed by atoms with Gasteiger partial charge in [0.25, 0.3) is 0 Å². The van der Waals surface area contributed by atoms with Crippen molar-refractivity contribution in [3.63, 3.8) is 0 Å². The van der Waals surface area contributed by atoms with Crippen LogP contribution < -0.4 is 0 Å². The predicted molar refractivity (Wildman–Crippen MR) is 99.3 cm³/mol. The van der Waals surface area contributed by atoms with E-state index in [1.54, 1.807) is 25.7 Å². The van der Waals surface area contributed by atoms with Gasteiger partial charge in [-0.15, -0.1) is 0 Å². The Kier molecular flexibility index (Phi) is 3.72. The number of ether oxygens (including phenoxy) is 1. The Labute approximate surface area is 154 Å². The fourth-order valence-electron chi connectivity index (χ4n) is 3.07. The molecule has 27 heavy (non-hydrogen) atoms. The largest absolute Gasteiger partial charge is 0.383 e. The molecule has 0 aromatic carbocycles. The Hall–Kier alpha value is -3.46. The average molecular weight is 362 g/mol. The van der Waals surface area contributed by atoms with E-state index >= 15 is 0 Å². The molecule has 0 saturated carbocycles. The van der Waals surface area contributed by atoms with Crippen molar-refractivity contribution in [2.45, 2.75) is 13.1 Å². The molecule has 0 saturated heterocycles. The van der Waals surface area contributed by atoms with Gasteiger partial charge in [0.1, 0.15) is 5.65 Å². The molecule has 0 aliphatic carbocycles. The first kappa shape index (κ1) is 15.8. The summed E-state index contributed by atoms with van der Waals surface area (Å²) in [6.07, 6.45) is 11.3. The molecule has 5 aromatic rings. The second kappa shape index (κ2) is 6.36. The van der Waals surface area contributed by atoms with Crippen LogP contribution >= 0.6 is 0 Å². The van der Waals surface area contributed by atoms with E-state index in [1.165, 1.54) is 0 Å². The summed E-state index contributed by atoms with van der Waals surface area (Å²) in [4.78, 5) is 13.5. The Morgan fingerprint density at radius 2 is 2.11 bits per heavy atom. The molecular formula is C18H18N8O. The molecule has 0 aliphatic heterocycles. The van der Waals surface area contributed by atoms with Crippen molar-refractivity contribution in [1.82, 2.24) is 38.9 Å². The summed E-state index contributed by atoms with van der Waals surface area (Å²) in [6, 6.07) is 4.08. The molecule has 9 nitrogen and oxygen atoms in total. The van der Waals surface area contributed by atoms with Gasteiger partial charge >= 0.3 is 0 Å². The Bertz CT molecular complexity index is 1210. The lowest BCUT2D eigenvalue weighted by Gasteiger charge is -2.15. The van der Waals surface area contributed by atoms with Crippen LogP contribution in [0.2, 0.25) is 0 Å². The number of fused-ring (bicyclic) bond motifs is 2. The van der Waals surface area contributed by atoms with E-state index in [0.29, 0.717) is 19.7 Å². The normalized spacial score (nSPS) is 11.7. The van der Waals surface area contributed by atoms with Gasteiger partial charge in [-0.05, 0) is 11.6 Å². The number of hydrogen-bond acceptors (Lipinski definition) is 5. The van der Waals surface area contributed by atoms with Crippen molar-refractivity contribution >= 4 is 16.9 Å². The number of nitrogens with one attached hydrogen (secondary N) is 1. The van der Waals surface area contributed by atoms with Crippen LogP contribution in [0.15, 0.2) is 49.3 Å². The Morgan fingerprint density at radius 1 is 1.15 bits per heavy atom. The van der Waals surface area contributed by atoms with E-state index in [9.17, 15) is 0 Å². The molecule has 0 aliphatic rings. The van der Waals surface area contributed by atoms with E-state index in [0.717, 1.165) is 33.8 Å². The second-order valence-electron chi connectivity index (χ2n) is 6.34. The van der Waals surface area contributed by atoms with E-state index in [2.05, 4.69) is 32.4 Å². The number of rotatable bonds is 6. The van der Waals surface area contributed by atoms with Crippen LogP contribution in [0, 0.1) is 0 Å². The van der Waals surface area contributed by atoms with Crippen molar-refractivity contribution in [3.05, 3.63) is 54.9 Å². The lowest BCUT2D eigenvalue weighted by atomic mass is 10.2. The molecule has 0 atom stereocenters. The lowest BCUT2D eigenvalue weighted by Crippen LogP contribution is -2.15. The number of pyridine rings is 1. The van der Waals surface area contributed by atoms with Gasteiger partial charge in [0, 0.05) is 37.5 Å². The SMILES string of the molecule is COCCn1cc(-c2cnc3[nH]n(Cc4ccc5nccn5c4)c3n2)cn1. The third kappa shape index (κ3) is 2.87. The first-order valence-corrected chi connectivity index (χ1v) is 8.65. The highest BCUT2D eigenvalue weighted by molar-refractivity contribution is 5.71. The van der Waals surface area contributed by atoms with Gasteiger partial charge in [0.15, 0.2) is 11.3 Å². The third-order valence-corrected chi connectivity index (χ3v) is 4.49. The minimum absolute atomic E-state index is 0.621. The standard InChI is InChI=1S/C18H18N8O/c1-27-7-6-25-12-14(8-21-25)15-9-20-17-18(22-15)26(23-17)11-13-2-3-16-19-4-5-24(16)10-13/h2-5,8-10,12H,6-7,11H2,1H3,(H,20,23). The van der Waals surface area contributed by atoms with Crippen LogP contribution in [0.1, 0.15) is 5.56 Å². The molecule has 0 fully saturated rings. The maximum atomic E-state index is 5.09. The van der Waals surface area contributed by atoms with Gasteiger partial charge < -0.3 is 9.14 Å². The van der Waals surface area contributed by atoms with Crippen molar-refractivity contribution in [2.24, 2.45) is 0 Å². The summed E-state index contributed by atoms with van der Waals surface area (Å²) in [5, 5.41) is 7.56. The molecule has 0 bridgehead atoms. The van der Waals surface area contributed by atoms with Crippen molar-refractivity contribution in [1.29, 1.82) is 0 Å². The molecule has 0 spiro atoms. The van der Waals surface area contributed by atoms with Crippen LogP contribution in [-0.2, 0) is 17.8 Å². The minimum Gasteiger partial charge on any atom is -0.383 e. The van der Waals surface area contributed by atoms with Crippen LogP contribution in [-0.4, -0.2) is 52.6 Å². The zero-order valence-corrected chi connectivity index (χ0v) is 14.8. The van der Waals surface area contributed by atoms with Crippen molar-refractivity contribution < 1.29 is 4.74 Å². The maximum absolute atomic E-state index is 5.09. The highest BCUT2D eigenvalue weighted by atomic mass is 16.5. The van der Waals surface area contributed by atoms with Crippen LogP contribution in [0.4, 0.5) is 0 Å². The molecule has 5 rings (SSSR count). The topological polar surface area (TPSA) is 90.9 Å². The first-order chi connectivity index (χ1) is 13.3. The van der Waals surface area contributed by atoms with Gasteiger partial charge in [0.2, 0.25) is 0 Å². The monoisotopic (exact) mass is 362 g/mol. The molecule has 0 unspecified atom stereocenters. The van der Waals surface area contributed by atoms with Crippen LogP contribution in [0.3, 0.4) is 0 Å². The molecule has 5 heterocycles. The smallest absolute Gasteiger partial charge is 0.193 e. The first-order valence-electron chi connectivity index (χ1n) is 8.65. The van der Waals surface area contributed by atoms with Gasteiger partial charge in [-0.2, -0.15) is 5.10 Å². The van der Waals surface area contributed by atoms with E-state index in [4.69, 9.17) is 9.72 Å². The molecule has 1 N–H and O–H groups in total. The van der Waals surface area contributed by atoms with E-state index < -0.39 is 0 Å². The van der Waals surface area contributed by atoms with Crippen molar-refractivity contribution in [3.8, 4) is 11.3 Å². The number of methoxy groups -OCH3 is 1. The highest BCUT2D eigenvalue weighted by Crippen LogP contribution is 2.20. The summed E-state index contributed by atoms with van der Waals surface area (Å²) < 4.78 is 10.9. The maximum Gasteiger partial charge on any atom is 0.193 e. The molecule has 9 heteroatoms. The third-order valence-electron chi connectivity index (χ3n) is 4.49. The van der Waals surface area contributed by atoms with Gasteiger partial charge in [-0.3, -0.25) is 14.5 Å². The molecule has 136 valence electrons. The molecule has 5 aromatic heterocycles. The van der Waals surface area contributed by atoms with Gasteiger partial charge in [0.05, 0.1) is 37.8 Å². The van der Waals surface area contributed by atoms with Crippen LogP contribution in [0.5, 0.6) is 0 Å². The fourth-order valence-corrected chi connectivity index (χ4v) is 3.07. The van der Waals surface area contributed by atoms with E-state index in [1.807, 2.05) is 32.2 Å². The summed E-state index contributed by atoms with van der Waals surface area (Å²) in [7, 11) is 1.68. The Balaban J connectivity index is 1.41. The zero-order chi connectivity index (χ0) is 18.2. The van der Waals surface area contributed by atoms with E-state index in [-0.39, 0.29) is 0 Å².